The maximum absolute atomic E-state index is 12.6. The monoisotopic (exact) mass is 381 g/mol. The molecule has 8 nitrogen and oxygen atoms in total. The lowest BCUT2D eigenvalue weighted by Gasteiger charge is -2.33. The van der Waals surface area contributed by atoms with Gasteiger partial charge in [-0.1, -0.05) is 12.1 Å². The second kappa shape index (κ2) is 7.36. The van der Waals surface area contributed by atoms with Crippen molar-refractivity contribution in [3.8, 4) is 0 Å². The van der Waals surface area contributed by atoms with Crippen molar-refractivity contribution < 1.29 is 22.7 Å². The molecule has 0 spiro atoms. The number of benzene rings is 1. The number of carbonyl (C=O) groups excluding carboxylic acids is 2. The van der Waals surface area contributed by atoms with Gasteiger partial charge in [0.05, 0.1) is 24.0 Å². The van der Waals surface area contributed by atoms with Crippen LogP contribution in [-0.4, -0.2) is 44.7 Å². The molecule has 26 heavy (non-hydrogen) atoms. The third kappa shape index (κ3) is 4.54. The molecule has 1 unspecified atom stereocenters. The van der Waals surface area contributed by atoms with Gasteiger partial charge >= 0.3 is 12.0 Å². The number of ether oxygens (including phenoxy) is 1. The van der Waals surface area contributed by atoms with Crippen molar-refractivity contribution in [3.05, 3.63) is 41.1 Å². The minimum Gasteiger partial charge on any atom is -0.459 e. The van der Waals surface area contributed by atoms with Gasteiger partial charge < -0.3 is 15.0 Å². The topological polar surface area (TPSA) is 105 Å². The molecule has 0 saturated carbocycles. The Morgan fingerprint density at radius 1 is 1.35 bits per heavy atom. The van der Waals surface area contributed by atoms with E-state index in [4.69, 9.17) is 4.74 Å². The quantitative estimate of drug-likeness (QED) is 0.759. The van der Waals surface area contributed by atoms with E-state index in [9.17, 15) is 18.0 Å². The van der Waals surface area contributed by atoms with Gasteiger partial charge in [0.25, 0.3) is 0 Å². The average Bonchev–Trinajstić information content (AvgIpc) is 2.50. The molecule has 2 rings (SSSR count). The zero-order chi connectivity index (χ0) is 19.6. The van der Waals surface area contributed by atoms with E-state index in [1.54, 1.807) is 52.1 Å². The van der Waals surface area contributed by atoms with Crippen LogP contribution in [0.4, 0.5) is 10.5 Å². The van der Waals surface area contributed by atoms with E-state index in [0.29, 0.717) is 22.5 Å². The summed E-state index contributed by atoms with van der Waals surface area (Å²) in [6.07, 6.45) is 0.733. The molecule has 0 aliphatic carbocycles. The first kappa shape index (κ1) is 19.8. The number of allylic oxidation sites excluding steroid dienone is 1. The summed E-state index contributed by atoms with van der Waals surface area (Å²) in [5.74, 6) is -0.532. The lowest BCUT2D eigenvalue weighted by Crippen LogP contribution is -2.46. The maximum Gasteiger partial charge on any atom is 0.338 e. The van der Waals surface area contributed by atoms with Crippen LogP contribution in [0.2, 0.25) is 0 Å². The molecule has 1 aromatic rings. The number of sulfonamides is 1. The molecular weight excluding hydrogens is 358 g/mol. The molecule has 0 aromatic heterocycles. The number of amides is 2. The number of carbonyl (C=O) groups is 2. The van der Waals surface area contributed by atoms with Crippen LogP contribution >= 0.6 is 0 Å². The fourth-order valence-electron chi connectivity index (χ4n) is 2.62. The van der Waals surface area contributed by atoms with Crippen LogP contribution in [0.3, 0.4) is 0 Å². The minimum atomic E-state index is -3.45. The van der Waals surface area contributed by atoms with E-state index in [2.05, 4.69) is 10.0 Å². The molecule has 1 atom stereocenters. The van der Waals surface area contributed by atoms with Gasteiger partial charge in [0.15, 0.2) is 0 Å². The van der Waals surface area contributed by atoms with Crippen molar-refractivity contribution in [2.24, 2.45) is 0 Å². The highest BCUT2D eigenvalue weighted by Crippen LogP contribution is 2.32. The predicted molar refractivity (Wildman–Crippen MR) is 97.9 cm³/mol. The Bertz CT molecular complexity index is 861. The SMILES string of the molecule is CC1=C(C(=O)OC(C)C)C(c2cccc(NS(C)(=O)=O)c2)NC(=O)N1C. The molecule has 1 aromatic carbocycles. The van der Waals surface area contributed by atoms with Gasteiger partial charge in [0.2, 0.25) is 10.0 Å². The van der Waals surface area contributed by atoms with E-state index in [-0.39, 0.29) is 12.1 Å². The number of hydrogen-bond acceptors (Lipinski definition) is 5. The first-order valence-corrected chi connectivity index (χ1v) is 9.92. The third-order valence-electron chi connectivity index (χ3n) is 3.84. The van der Waals surface area contributed by atoms with Gasteiger partial charge in [-0.25, -0.2) is 18.0 Å². The summed E-state index contributed by atoms with van der Waals surface area (Å²) < 4.78 is 30.6. The molecule has 1 aliphatic rings. The summed E-state index contributed by atoms with van der Waals surface area (Å²) in [5, 5.41) is 2.76. The lowest BCUT2D eigenvalue weighted by molar-refractivity contribution is -0.143. The Hall–Kier alpha value is -2.55. The molecule has 9 heteroatoms. The second-order valence-electron chi connectivity index (χ2n) is 6.39. The van der Waals surface area contributed by atoms with Crippen LogP contribution in [0.1, 0.15) is 32.4 Å². The number of anilines is 1. The second-order valence-corrected chi connectivity index (χ2v) is 8.14. The highest BCUT2D eigenvalue weighted by Gasteiger charge is 2.35. The molecule has 0 fully saturated rings. The molecule has 2 N–H and O–H groups in total. The molecule has 0 radical (unpaired) electrons. The van der Waals surface area contributed by atoms with Crippen molar-refractivity contribution in [2.75, 3.05) is 18.0 Å². The Kier molecular flexibility index (Phi) is 5.60. The Morgan fingerprint density at radius 3 is 2.58 bits per heavy atom. The summed E-state index contributed by atoms with van der Waals surface area (Å²) in [6.45, 7) is 5.15. The Balaban J connectivity index is 2.49. The van der Waals surface area contributed by atoms with Gasteiger partial charge in [-0.3, -0.25) is 4.72 Å². The minimum absolute atomic E-state index is 0.303. The van der Waals surface area contributed by atoms with Gasteiger partial charge in [0.1, 0.15) is 0 Å². The number of hydrogen-bond donors (Lipinski definition) is 2. The largest absolute Gasteiger partial charge is 0.459 e. The zero-order valence-electron chi connectivity index (χ0n) is 15.4. The van der Waals surface area contributed by atoms with Crippen molar-refractivity contribution in [3.63, 3.8) is 0 Å². The van der Waals surface area contributed by atoms with E-state index in [1.165, 1.54) is 4.90 Å². The van der Waals surface area contributed by atoms with Crippen LogP contribution in [0, 0.1) is 0 Å². The van der Waals surface area contributed by atoms with Gasteiger partial charge in [-0.2, -0.15) is 0 Å². The number of esters is 1. The first-order chi connectivity index (χ1) is 12.0. The molecule has 2 amide bonds. The summed E-state index contributed by atoms with van der Waals surface area (Å²) in [5.41, 5.74) is 1.69. The van der Waals surface area contributed by atoms with Crippen molar-refractivity contribution in [1.82, 2.24) is 10.2 Å². The molecule has 0 bridgehead atoms. The highest BCUT2D eigenvalue weighted by molar-refractivity contribution is 7.92. The molecule has 1 heterocycles. The summed E-state index contributed by atoms with van der Waals surface area (Å²) in [4.78, 5) is 26.1. The van der Waals surface area contributed by atoms with Gasteiger partial charge in [0, 0.05) is 18.4 Å². The number of nitrogens with one attached hydrogen (secondary N) is 2. The van der Waals surface area contributed by atoms with Gasteiger partial charge in [-0.15, -0.1) is 0 Å². The summed E-state index contributed by atoms with van der Waals surface area (Å²) in [7, 11) is -1.89. The van der Waals surface area contributed by atoms with Crippen LogP contribution in [0.25, 0.3) is 0 Å². The maximum atomic E-state index is 12.6. The van der Waals surface area contributed by atoms with Crippen LogP contribution < -0.4 is 10.0 Å². The zero-order valence-corrected chi connectivity index (χ0v) is 16.2. The predicted octanol–water partition coefficient (Wildman–Crippen LogP) is 1.98. The summed E-state index contributed by atoms with van der Waals surface area (Å²) in [6, 6.07) is 5.41. The molecule has 0 saturated heterocycles. The summed E-state index contributed by atoms with van der Waals surface area (Å²) >= 11 is 0. The van der Waals surface area contributed by atoms with Gasteiger partial charge in [-0.05, 0) is 38.5 Å². The molecular formula is C17H23N3O5S. The lowest BCUT2D eigenvalue weighted by atomic mass is 9.94. The number of rotatable bonds is 5. The number of urea groups is 1. The standard InChI is InChI=1S/C17H23N3O5S/c1-10(2)25-16(21)14-11(3)20(4)17(22)18-15(14)12-7-6-8-13(9-12)19-26(5,23)24/h6-10,15,19H,1-5H3,(H,18,22). The highest BCUT2D eigenvalue weighted by atomic mass is 32.2. The number of nitrogens with zero attached hydrogens (tertiary/aromatic N) is 1. The van der Waals surface area contributed by atoms with E-state index < -0.39 is 22.0 Å². The van der Waals surface area contributed by atoms with Crippen molar-refractivity contribution >= 4 is 27.7 Å². The Morgan fingerprint density at radius 2 is 2.00 bits per heavy atom. The average molecular weight is 381 g/mol. The fraction of sp³-hybridized carbons (Fsp3) is 0.412. The normalized spacial score (nSPS) is 18.0. The van der Waals surface area contributed by atoms with E-state index in [1.807, 2.05) is 0 Å². The smallest absolute Gasteiger partial charge is 0.338 e. The third-order valence-corrected chi connectivity index (χ3v) is 4.45. The van der Waals surface area contributed by atoms with Crippen LogP contribution in [0.15, 0.2) is 35.5 Å². The first-order valence-electron chi connectivity index (χ1n) is 8.03. The van der Waals surface area contributed by atoms with Crippen LogP contribution in [-0.2, 0) is 19.6 Å². The Labute approximate surface area is 153 Å². The van der Waals surface area contributed by atoms with E-state index in [0.717, 1.165) is 6.26 Å². The van der Waals surface area contributed by atoms with Crippen LogP contribution in [0.5, 0.6) is 0 Å². The van der Waals surface area contributed by atoms with Crippen molar-refractivity contribution in [2.45, 2.75) is 32.9 Å². The van der Waals surface area contributed by atoms with E-state index >= 15 is 0 Å². The fourth-order valence-corrected chi connectivity index (χ4v) is 3.18. The van der Waals surface area contributed by atoms with Crippen molar-refractivity contribution in [1.29, 1.82) is 0 Å². The molecule has 1 aliphatic heterocycles. The molecule has 142 valence electrons.